The summed E-state index contributed by atoms with van der Waals surface area (Å²) in [6.45, 7) is 0. The number of hydrogen-bond donors (Lipinski definition) is 0. The molecule has 2 aromatic carbocycles. The standard InChI is InChI=1S/C13H8F4I/c14-12-7-6-10(8-11(12)13(15,16)17)18-9-4-2-1-3-5-9/h1-8H/q-1. The third-order valence-electron chi connectivity index (χ3n) is 2.19. The van der Waals surface area contributed by atoms with Crippen LogP contribution in [-0.4, -0.2) is 0 Å². The summed E-state index contributed by atoms with van der Waals surface area (Å²) in [5.74, 6) is -1.22. The molecule has 0 aliphatic carbocycles. The second kappa shape index (κ2) is 5.26. The first kappa shape index (κ1) is 13.3. The van der Waals surface area contributed by atoms with Crippen LogP contribution in [0.25, 0.3) is 0 Å². The van der Waals surface area contributed by atoms with Crippen molar-refractivity contribution in [1.29, 1.82) is 0 Å². The molecule has 0 radical (unpaired) electrons. The van der Waals surface area contributed by atoms with Gasteiger partial charge in [-0.1, -0.05) is 0 Å². The van der Waals surface area contributed by atoms with Crippen LogP contribution in [0.4, 0.5) is 17.6 Å². The van der Waals surface area contributed by atoms with Crippen molar-refractivity contribution >= 4 is 0 Å². The fourth-order valence-electron chi connectivity index (χ4n) is 1.38. The molecule has 0 aromatic heterocycles. The SMILES string of the molecule is Fc1ccc([I-]c2ccccc2)cc1C(F)(F)F. The number of halogens is 5. The second-order valence-corrected chi connectivity index (χ2v) is 6.54. The zero-order valence-corrected chi connectivity index (χ0v) is 11.2. The number of hydrogen-bond acceptors (Lipinski definition) is 0. The van der Waals surface area contributed by atoms with Crippen LogP contribution in [0.5, 0.6) is 0 Å². The van der Waals surface area contributed by atoms with Gasteiger partial charge in [-0.15, -0.1) is 0 Å². The van der Waals surface area contributed by atoms with Gasteiger partial charge in [0.1, 0.15) is 0 Å². The van der Waals surface area contributed by atoms with Crippen molar-refractivity contribution < 1.29 is 38.8 Å². The zero-order valence-electron chi connectivity index (χ0n) is 9.01. The third kappa shape index (κ3) is 3.22. The number of alkyl halides is 3. The molecule has 0 amide bonds. The van der Waals surface area contributed by atoms with Crippen molar-refractivity contribution in [2.45, 2.75) is 6.18 Å². The van der Waals surface area contributed by atoms with E-state index in [1.54, 1.807) is 0 Å². The molecule has 18 heavy (non-hydrogen) atoms. The molecule has 0 nitrogen and oxygen atoms in total. The minimum absolute atomic E-state index is 0.550. The molecule has 96 valence electrons. The molecule has 0 atom stereocenters. The molecular weight excluding hydrogens is 359 g/mol. The number of benzene rings is 2. The van der Waals surface area contributed by atoms with Gasteiger partial charge in [-0.2, -0.15) is 0 Å². The summed E-state index contributed by atoms with van der Waals surface area (Å²) in [6.07, 6.45) is -4.64. The molecule has 0 heterocycles. The fourth-order valence-corrected chi connectivity index (χ4v) is 3.70. The molecule has 0 bridgehead atoms. The van der Waals surface area contributed by atoms with E-state index in [-0.39, 0.29) is 0 Å². The Bertz CT molecular complexity index is 534. The normalized spacial score (nSPS) is 11.8. The van der Waals surface area contributed by atoms with E-state index in [0.29, 0.717) is 3.57 Å². The van der Waals surface area contributed by atoms with Gasteiger partial charge in [0, 0.05) is 0 Å². The van der Waals surface area contributed by atoms with E-state index < -0.39 is 38.8 Å². The van der Waals surface area contributed by atoms with E-state index in [1.165, 1.54) is 6.07 Å². The maximum absolute atomic E-state index is 13.1. The molecule has 2 aromatic rings. The van der Waals surface area contributed by atoms with Crippen LogP contribution >= 0.6 is 0 Å². The topological polar surface area (TPSA) is 0 Å². The van der Waals surface area contributed by atoms with E-state index in [4.69, 9.17) is 0 Å². The monoisotopic (exact) mass is 367 g/mol. The first-order chi connectivity index (χ1) is 8.47. The van der Waals surface area contributed by atoms with Crippen molar-refractivity contribution in [3.8, 4) is 0 Å². The molecule has 0 spiro atoms. The minimum atomic E-state index is -4.64. The van der Waals surface area contributed by atoms with Gasteiger partial charge in [-0.05, 0) is 0 Å². The Hall–Kier alpha value is -1.11. The molecule has 0 unspecified atom stereocenters. The predicted octanol–water partition coefficient (Wildman–Crippen LogP) is 0.973. The van der Waals surface area contributed by atoms with Gasteiger partial charge < -0.3 is 0 Å². The van der Waals surface area contributed by atoms with E-state index in [1.807, 2.05) is 30.3 Å². The summed E-state index contributed by atoms with van der Waals surface area (Å²) < 4.78 is 52.3. The molecule has 0 N–H and O–H groups in total. The molecule has 5 heteroatoms. The Labute approximate surface area is 112 Å². The van der Waals surface area contributed by atoms with Gasteiger partial charge in [0.05, 0.1) is 0 Å². The number of rotatable bonds is 2. The van der Waals surface area contributed by atoms with Gasteiger partial charge in [-0.3, -0.25) is 0 Å². The van der Waals surface area contributed by atoms with Crippen molar-refractivity contribution in [2.75, 3.05) is 0 Å². The first-order valence-corrected chi connectivity index (χ1v) is 7.19. The summed E-state index contributed by atoms with van der Waals surface area (Å²) >= 11 is -0.716. The molecule has 0 fully saturated rings. The average Bonchev–Trinajstić information content (AvgIpc) is 2.31. The predicted molar refractivity (Wildman–Crippen MR) is 55.2 cm³/mol. The van der Waals surface area contributed by atoms with E-state index >= 15 is 0 Å². The van der Waals surface area contributed by atoms with Crippen LogP contribution in [0.15, 0.2) is 48.5 Å². The zero-order chi connectivity index (χ0) is 13.2. The van der Waals surface area contributed by atoms with Crippen LogP contribution in [0.1, 0.15) is 5.56 Å². The summed E-state index contributed by atoms with van der Waals surface area (Å²) in [5.41, 5.74) is -1.18. The summed E-state index contributed by atoms with van der Waals surface area (Å²) in [7, 11) is 0. The van der Waals surface area contributed by atoms with Crippen LogP contribution in [0.2, 0.25) is 0 Å². The molecule has 0 saturated heterocycles. The average molecular weight is 367 g/mol. The Morgan fingerprint density at radius 2 is 1.50 bits per heavy atom. The van der Waals surface area contributed by atoms with Crippen LogP contribution < -0.4 is 21.2 Å². The summed E-state index contributed by atoms with van der Waals surface area (Å²) in [6, 6.07) is 12.5. The van der Waals surface area contributed by atoms with Crippen molar-refractivity contribution in [2.24, 2.45) is 0 Å². The van der Waals surface area contributed by atoms with Crippen molar-refractivity contribution in [3.05, 3.63) is 67.1 Å². The first-order valence-electron chi connectivity index (χ1n) is 5.03. The summed E-state index contributed by atoms with van der Waals surface area (Å²) in [4.78, 5) is 0. The van der Waals surface area contributed by atoms with Crippen molar-refractivity contribution in [1.82, 2.24) is 0 Å². The third-order valence-corrected chi connectivity index (χ3v) is 4.82. The Morgan fingerprint density at radius 1 is 0.833 bits per heavy atom. The van der Waals surface area contributed by atoms with Crippen LogP contribution in [0, 0.1) is 13.0 Å². The molecule has 0 aliphatic heterocycles. The maximum atomic E-state index is 13.1. The molecule has 0 saturated carbocycles. The Kier molecular flexibility index (Phi) is 3.89. The summed E-state index contributed by atoms with van der Waals surface area (Å²) in [5, 5.41) is 0. The van der Waals surface area contributed by atoms with Crippen molar-refractivity contribution in [3.63, 3.8) is 0 Å². The van der Waals surface area contributed by atoms with Gasteiger partial charge >= 0.3 is 112 Å². The quantitative estimate of drug-likeness (QED) is 0.549. The van der Waals surface area contributed by atoms with E-state index in [9.17, 15) is 17.6 Å². The van der Waals surface area contributed by atoms with Gasteiger partial charge in [-0.25, -0.2) is 0 Å². The van der Waals surface area contributed by atoms with Gasteiger partial charge in [0.15, 0.2) is 0 Å². The van der Waals surface area contributed by atoms with Crippen LogP contribution in [-0.2, 0) is 6.18 Å². The van der Waals surface area contributed by atoms with Gasteiger partial charge in [0.25, 0.3) is 0 Å². The Morgan fingerprint density at radius 3 is 2.11 bits per heavy atom. The fraction of sp³-hybridized carbons (Fsp3) is 0.0769. The molecular formula is C13H8F4I-. The Balaban J connectivity index is 2.31. The van der Waals surface area contributed by atoms with Crippen LogP contribution in [0.3, 0.4) is 0 Å². The molecule has 0 aliphatic rings. The van der Waals surface area contributed by atoms with E-state index in [0.717, 1.165) is 15.7 Å². The van der Waals surface area contributed by atoms with Gasteiger partial charge in [0.2, 0.25) is 0 Å². The molecule has 2 rings (SSSR count). The van der Waals surface area contributed by atoms with E-state index in [2.05, 4.69) is 0 Å². The second-order valence-electron chi connectivity index (χ2n) is 3.51.